The van der Waals surface area contributed by atoms with Gasteiger partial charge in [-0.15, -0.1) is 0 Å². The van der Waals surface area contributed by atoms with E-state index in [4.69, 9.17) is 0 Å². The van der Waals surface area contributed by atoms with Crippen LogP contribution in [-0.4, -0.2) is 58.2 Å². The molecule has 0 fully saturated rings. The first-order chi connectivity index (χ1) is 47.9. The second-order valence-corrected chi connectivity index (χ2v) is 23.1. The number of fused-ring (bicyclic) bond motifs is 7. The highest BCUT2D eigenvalue weighted by molar-refractivity contribution is 5.90. The average molecular weight is 1350 g/mol. The number of aryl methyl sites for hydroxylation is 21. The predicted octanol–water partition coefficient (Wildman–Crippen LogP) is 24.5. The molecule has 0 aliphatic carbocycles. The van der Waals surface area contributed by atoms with E-state index in [0.717, 1.165) is 27.9 Å². The molecule has 12 nitrogen and oxygen atoms in total. The molecule has 0 unspecified atom stereocenters. The molecule has 0 bridgehead atoms. The fraction of sp³-hybridized carbons (Fsp3) is 0.398. The number of hydrogen-bond donors (Lipinski definition) is 0. The summed E-state index contributed by atoms with van der Waals surface area (Å²) < 4.78 is 10.2. The van der Waals surface area contributed by atoms with Crippen LogP contribution in [0.5, 0.6) is 0 Å². The maximum atomic E-state index is 4.34. The van der Waals surface area contributed by atoms with E-state index in [1.165, 1.54) is 138 Å². The first kappa shape index (κ1) is 88.7. The summed E-state index contributed by atoms with van der Waals surface area (Å²) in [6.07, 6.45) is 21.4. The lowest BCUT2D eigenvalue weighted by molar-refractivity contribution is 0.794. The van der Waals surface area contributed by atoms with Crippen molar-refractivity contribution in [2.75, 3.05) is 0 Å². The molecule has 0 N–H and O–H groups in total. The molecule has 540 valence electrons. The van der Waals surface area contributed by atoms with Gasteiger partial charge in [-0.3, -0.25) is 34.3 Å². The van der Waals surface area contributed by atoms with Crippen LogP contribution in [0.15, 0.2) is 141 Å². The minimum absolute atomic E-state index is 0.973. The van der Waals surface area contributed by atoms with Crippen LogP contribution in [-0.2, 0) is 35.2 Å². The van der Waals surface area contributed by atoms with Crippen molar-refractivity contribution in [3.8, 4) is 0 Å². The molecule has 0 spiro atoms. The normalized spacial score (nSPS) is 9.75. The van der Waals surface area contributed by atoms with E-state index in [1.54, 1.807) is 6.20 Å². The van der Waals surface area contributed by atoms with Crippen LogP contribution in [0.25, 0.3) is 76.3 Å². The van der Waals surface area contributed by atoms with E-state index in [2.05, 4.69) is 253 Å². The highest BCUT2D eigenvalue weighted by Crippen LogP contribution is 2.27. The summed E-state index contributed by atoms with van der Waals surface area (Å²) in [5, 5.41) is 17.3. The maximum Gasteiger partial charge on any atom is 0.109 e. The summed E-state index contributed by atoms with van der Waals surface area (Å²) in [4.78, 5) is 21.4. The van der Waals surface area contributed by atoms with Gasteiger partial charge in [0.25, 0.3) is 0 Å². The lowest BCUT2D eigenvalue weighted by Crippen LogP contribution is -1.93. The first-order valence-electron chi connectivity index (χ1n) is 36.4. The van der Waals surface area contributed by atoms with Crippen molar-refractivity contribution in [1.29, 1.82) is 0 Å². The second kappa shape index (κ2) is 44.7. The van der Waals surface area contributed by atoms with Crippen molar-refractivity contribution in [1.82, 2.24) is 58.2 Å². The van der Waals surface area contributed by atoms with Gasteiger partial charge in [0.2, 0.25) is 0 Å². The Hall–Kier alpha value is -9.29. The molecule has 100 heavy (non-hydrogen) atoms. The number of rotatable bonds is 0. The van der Waals surface area contributed by atoms with Gasteiger partial charge in [-0.25, -0.2) is 0 Å². The van der Waals surface area contributed by atoms with E-state index in [-0.39, 0.29) is 0 Å². The van der Waals surface area contributed by atoms with E-state index in [0.29, 0.717) is 0 Å². The van der Waals surface area contributed by atoms with Crippen molar-refractivity contribution in [2.24, 2.45) is 35.2 Å². The van der Waals surface area contributed by atoms with Crippen LogP contribution in [0.2, 0.25) is 0 Å². The van der Waals surface area contributed by atoms with Crippen LogP contribution in [0, 0.1) is 111 Å². The molecule has 10 aromatic heterocycles. The van der Waals surface area contributed by atoms with Gasteiger partial charge in [-0.1, -0.05) is 145 Å². The summed E-state index contributed by atoms with van der Waals surface area (Å²) in [5.41, 5.74) is 29.0. The Morgan fingerprint density at radius 3 is 1.20 bits per heavy atom. The Labute approximate surface area is 604 Å². The van der Waals surface area contributed by atoms with Gasteiger partial charge in [0, 0.05) is 124 Å². The van der Waals surface area contributed by atoms with Crippen LogP contribution in [0.1, 0.15) is 186 Å². The Morgan fingerprint density at radius 1 is 0.240 bits per heavy atom. The van der Waals surface area contributed by atoms with Crippen molar-refractivity contribution in [3.05, 3.63) is 230 Å². The molecule has 10 heterocycles. The smallest absolute Gasteiger partial charge is 0.109 e. The number of benzene rings is 4. The van der Waals surface area contributed by atoms with E-state index < -0.39 is 0 Å². The van der Waals surface area contributed by atoms with Crippen LogP contribution < -0.4 is 0 Å². The fourth-order valence-electron chi connectivity index (χ4n) is 11.3. The van der Waals surface area contributed by atoms with Gasteiger partial charge < -0.3 is 13.7 Å². The molecule has 14 aromatic rings. The zero-order valence-electron chi connectivity index (χ0n) is 68.6. The zero-order chi connectivity index (χ0) is 76.4. The molecule has 0 amide bonds. The van der Waals surface area contributed by atoms with Gasteiger partial charge in [-0.2, -0.15) is 10.2 Å². The van der Waals surface area contributed by atoms with Gasteiger partial charge in [0.05, 0.1) is 45.5 Å². The number of pyridine rings is 5. The topological polar surface area (TPSA) is 115 Å². The quantitative estimate of drug-likeness (QED) is 0.148. The Morgan fingerprint density at radius 2 is 0.640 bits per heavy atom. The molecule has 4 aromatic carbocycles. The molecule has 12 heteroatoms. The van der Waals surface area contributed by atoms with Crippen molar-refractivity contribution >= 4 is 76.3 Å². The Kier molecular flexibility index (Phi) is 39.6. The number of nitrogens with zero attached hydrogens (tertiary/aromatic N) is 12. The molecule has 14 rings (SSSR count). The van der Waals surface area contributed by atoms with Crippen molar-refractivity contribution in [3.63, 3.8) is 0 Å². The van der Waals surface area contributed by atoms with E-state index >= 15 is 0 Å². The van der Waals surface area contributed by atoms with E-state index in [1.807, 2.05) is 183 Å². The Bertz CT molecular complexity index is 4160. The molecular formula is C88H128N12. The fourth-order valence-corrected chi connectivity index (χ4v) is 11.3. The van der Waals surface area contributed by atoms with Gasteiger partial charge in [-0.05, 0) is 229 Å². The zero-order valence-corrected chi connectivity index (χ0v) is 68.6. The van der Waals surface area contributed by atoms with E-state index in [9.17, 15) is 0 Å². The predicted molar refractivity (Wildman–Crippen MR) is 442 cm³/mol. The van der Waals surface area contributed by atoms with Gasteiger partial charge >= 0.3 is 0 Å². The minimum Gasteiger partial charge on any atom is -0.350 e. The summed E-state index contributed by atoms with van der Waals surface area (Å²) in [5.74, 6) is 0. The monoisotopic (exact) mass is 1350 g/mol. The molecule has 0 radical (unpaired) electrons. The highest BCUT2D eigenvalue weighted by atomic mass is 15.3. The molecule has 0 saturated carbocycles. The summed E-state index contributed by atoms with van der Waals surface area (Å²) >= 11 is 0. The van der Waals surface area contributed by atoms with Gasteiger partial charge in [0.1, 0.15) is 5.52 Å². The van der Waals surface area contributed by atoms with Crippen molar-refractivity contribution in [2.45, 2.75) is 208 Å². The molecular weight excluding hydrogens is 1230 g/mol. The third-order valence-electron chi connectivity index (χ3n) is 17.3. The molecule has 0 aliphatic rings. The average Bonchev–Trinajstić information content (AvgIpc) is 1.81. The van der Waals surface area contributed by atoms with Crippen LogP contribution in [0.4, 0.5) is 0 Å². The first-order valence-corrected chi connectivity index (χ1v) is 36.4. The number of aromatic nitrogens is 12. The maximum absolute atomic E-state index is 4.34. The second-order valence-electron chi connectivity index (χ2n) is 23.1. The molecule has 0 saturated heterocycles. The third kappa shape index (κ3) is 22.4. The number of hydrogen-bond acceptors (Lipinski definition) is 7. The summed E-state index contributed by atoms with van der Waals surface area (Å²) in [7, 11) is 10.1. The summed E-state index contributed by atoms with van der Waals surface area (Å²) in [6, 6.07) is 25.6. The lowest BCUT2D eigenvalue weighted by Gasteiger charge is -2.07. The minimum atomic E-state index is 0.973. The molecule has 0 atom stereocenters. The SMILES string of the molecule is CC.CC.CC.CC.CC.CC.CC.Cc1ccc2ccn(C)c2c1C.Cc1ccc2ccnc(C)c2c1C.Cc1ccc2cncc(C)c2c1C.Cc1ccc2cnn(C)c2c1C.Cc1cnc2ccn(C)c2c1C.Cc1cnc2cnn(C)c2c1C.Cc1ncc2ccn(C)c2c1C. The van der Waals surface area contributed by atoms with Crippen LogP contribution >= 0.6 is 0 Å². The van der Waals surface area contributed by atoms with Crippen molar-refractivity contribution < 1.29 is 0 Å². The molecule has 0 aliphatic heterocycles. The highest BCUT2D eigenvalue weighted by Gasteiger charge is 2.09. The Balaban J connectivity index is 0.000000566. The van der Waals surface area contributed by atoms with Gasteiger partial charge in [0.15, 0.2) is 0 Å². The summed E-state index contributed by atoms with van der Waals surface area (Å²) in [6.45, 7) is 61.9. The lowest BCUT2D eigenvalue weighted by atomic mass is 9.99. The largest absolute Gasteiger partial charge is 0.350 e. The standard InChI is InChI=1S/2C12H13N.C11H13N.3C10H12N2.C9H11N3.7C2H6/c1-8-4-5-11-7-13-6-9(2)12(11)10(8)3;1-8-4-5-11-6-7-13-10(3)12(11)9(8)2;1-8-4-5-10-6-7-12(3)11(10)9(8)2;1-7-8(2)11-6-9-4-5-12(3)10(7)9;1-7-6-11-9-4-5-12(3)10(9)8(7)2;1-7-4-5-9-6-11-12(3)10(9)8(7)2;1-6-4-10-8-5-11-12(3)9(8)7(6)2;7*1-2/h2*4-7H,1-3H3;4-7H,1-3H3;3*4-6H,1-3H3;4-5H,1-3H3;7*1-2H3. The third-order valence-corrected chi connectivity index (χ3v) is 17.3. The van der Waals surface area contributed by atoms with Crippen LogP contribution in [0.3, 0.4) is 0 Å².